The Morgan fingerprint density at radius 2 is 0.869 bits per heavy atom. The molecule has 0 atom stereocenters. The third kappa shape index (κ3) is 5.96. The van der Waals surface area contributed by atoms with Crippen LogP contribution in [0.3, 0.4) is 0 Å². The molecule has 0 fully saturated rings. The SMILES string of the molecule is c1ccc(-c2ccc(-c3cc(-c4ccc(-c5cccc6c5nc(-c5cc7ccccc7c7ccccc57)c5c7ccccc7oc65)cc4)nc(-c4ccccc4)n3)cc2)cc1. The lowest BCUT2D eigenvalue weighted by Crippen LogP contribution is -1.96. The standard InChI is InChI=1S/C57H35N3O/c1-3-14-36(15-4-1)37-26-30-39(31-27-37)50-35-51(59-57(58-50)41-16-5-2-6-17-41)40-32-28-38(29-33-40)44-23-13-24-48-54(44)60-55(53-47-22-11-12-25-52(47)61-56(48)53)49-34-42-18-7-8-19-43(42)45-20-9-10-21-46(45)49/h1-35H. The van der Waals surface area contributed by atoms with Crippen LogP contribution >= 0.6 is 0 Å². The van der Waals surface area contributed by atoms with Gasteiger partial charge in [-0.2, -0.15) is 0 Å². The fraction of sp³-hybridized carbons (Fsp3) is 0. The Hall–Kier alpha value is -8.21. The van der Waals surface area contributed by atoms with Gasteiger partial charge in [0.15, 0.2) is 5.82 Å². The topological polar surface area (TPSA) is 51.8 Å². The lowest BCUT2D eigenvalue weighted by atomic mass is 9.92. The molecule has 0 saturated heterocycles. The highest BCUT2D eigenvalue weighted by Gasteiger charge is 2.22. The van der Waals surface area contributed by atoms with Gasteiger partial charge in [0.2, 0.25) is 0 Å². The van der Waals surface area contributed by atoms with Crippen LogP contribution in [0.1, 0.15) is 0 Å². The number of nitrogens with zero attached hydrogens (tertiary/aromatic N) is 3. The van der Waals surface area contributed by atoms with Crippen LogP contribution < -0.4 is 0 Å². The molecule has 61 heavy (non-hydrogen) atoms. The molecule has 0 aliphatic carbocycles. The summed E-state index contributed by atoms with van der Waals surface area (Å²) in [6.45, 7) is 0. The number of rotatable bonds is 6. The smallest absolute Gasteiger partial charge is 0.160 e. The molecular formula is C57H35N3O. The molecule has 3 aromatic heterocycles. The number of pyridine rings is 1. The fourth-order valence-electron chi connectivity index (χ4n) is 8.91. The van der Waals surface area contributed by atoms with Crippen molar-refractivity contribution >= 4 is 54.4 Å². The summed E-state index contributed by atoms with van der Waals surface area (Å²) in [7, 11) is 0. The summed E-state index contributed by atoms with van der Waals surface area (Å²) in [5.41, 5.74) is 13.7. The molecule has 0 aliphatic heterocycles. The molecule has 0 N–H and O–H groups in total. The lowest BCUT2D eigenvalue weighted by molar-refractivity contribution is 0.672. The van der Waals surface area contributed by atoms with Crippen molar-refractivity contribution in [2.24, 2.45) is 0 Å². The van der Waals surface area contributed by atoms with E-state index in [2.05, 4.69) is 176 Å². The van der Waals surface area contributed by atoms with Gasteiger partial charge < -0.3 is 4.42 Å². The quantitative estimate of drug-likeness (QED) is 0.158. The minimum absolute atomic E-state index is 0.686. The van der Waals surface area contributed by atoms with Gasteiger partial charge in [-0.3, -0.25) is 0 Å². The Balaban J connectivity index is 1.01. The first-order valence-corrected chi connectivity index (χ1v) is 20.6. The molecule has 3 heterocycles. The Labute approximate surface area is 352 Å². The van der Waals surface area contributed by atoms with Crippen LogP contribution in [0.2, 0.25) is 0 Å². The van der Waals surface area contributed by atoms with Gasteiger partial charge in [0.25, 0.3) is 0 Å². The largest absolute Gasteiger partial charge is 0.455 e. The van der Waals surface area contributed by atoms with Crippen LogP contribution in [0, 0.1) is 0 Å². The van der Waals surface area contributed by atoms with E-state index >= 15 is 0 Å². The number of benzene rings is 9. The van der Waals surface area contributed by atoms with E-state index in [1.54, 1.807) is 0 Å². The van der Waals surface area contributed by atoms with Crippen molar-refractivity contribution in [3.63, 3.8) is 0 Å². The maximum Gasteiger partial charge on any atom is 0.160 e. The second-order valence-corrected chi connectivity index (χ2v) is 15.5. The lowest BCUT2D eigenvalue weighted by Gasteiger charge is -2.14. The summed E-state index contributed by atoms with van der Waals surface area (Å²) in [5, 5.41) is 7.83. The van der Waals surface area contributed by atoms with Crippen molar-refractivity contribution in [1.82, 2.24) is 15.0 Å². The predicted molar refractivity (Wildman–Crippen MR) is 252 cm³/mol. The minimum atomic E-state index is 0.686. The van der Waals surface area contributed by atoms with Gasteiger partial charge in [0.05, 0.1) is 28.0 Å². The zero-order valence-electron chi connectivity index (χ0n) is 33.0. The highest BCUT2D eigenvalue weighted by Crippen LogP contribution is 2.44. The first-order chi connectivity index (χ1) is 30.2. The van der Waals surface area contributed by atoms with Crippen LogP contribution in [-0.2, 0) is 0 Å². The van der Waals surface area contributed by atoms with Crippen LogP contribution in [-0.4, -0.2) is 15.0 Å². The molecule has 4 heteroatoms. The highest BCUT2D eigenvalue weighted by molar-refractivity contribution is 6.24. The van der Waals surface area contributed by atoms with Crippen molar-refractivity contribution in [2.75, 3.05) is 0 Å². The van der Waals surface area contributed by atoms with E-state index < -0.39 is 0 Å². The van der Waals surface area contributed by atoms with Gasteiger partial charge in [-0.05, 0) is 62.5 Å². The van der Waals surface area contributed by atoms with Crippen molar-refractivity contribution in [3.05, 3.63) is 212 Å². The number of hydrogen-bond donors (Lipinski definition) is 0. The summed E-state index contributed by atoms with van der Waals surface area (Å²) in [4.78, 5) is 15.9. The Morgan fingerprint density at radius 1 is 0.328 bits per heavy atom. The predicted octanol–water partition coefficient (Wildman–Crippen LogP) is 15.2. The number of para-hydroxylation sites is 2. The van der Waals surface area contributed by atoms with Crippen molar-refractivity contribution < 1.29 is 4.42 Å². The molecular weight excluding hydrogens is 743 g/mol. The van der Waals surface area contributed by atoms with E-state index in [0.717, 1.165) is 88.7 Å². The van der Waals surface area contributed by atoms with Crippen molar-refractivity contribution in [2.45, 2.75) is 0 Å². The molecule has 4 nitrogen and oxygen atoms in total. The second-order valence-electron chi connectivity index (χ2n) is 15.5. The number of fused-ring (bicyclic) bond motifs is 8. The van der Waals surface area contributed by atoms with Crippen molar-refractivity contribution in [3.8, 4) is 67.4 Å². The van der Waals surface area contributed by atoms with E-state index in [9.17, 15) is 0 Å². The zero-order valence-corrected chi connectivity index (χ0v) is 33.0. The molecule has 0 aliphatic rings. The van der Waals surface area contributed by atoms with Gasteiger partial charge in [-0.15, -0.1) is 0 Å². The molecule has 284 valence electrons. The molecule has 0 saturated carbocycles. The van der Waals surface area contributed by atoms with Crippen LogP contribution in [0.15, 0.2) is 217 Å². The summed E-state index contributed by atoms with van der Waals surface area (Å²) >= 11 is 0. The summed E-state index contributed by atoms with van der Waals surface area (Å²) < 4.78 is 6.77. The third-order valence-corrected chi connectivity index (χ3v) is 11.9. The van der Waals surface area contributed by atoms with Gasteiger partial charge >= 0.3 is 0 Å². The Kier molecular flexibility index (Phi) is 8.13. The maximum absolute atomic E-state index is 6.77. The van der Waals surface area contributed by atoms with Gasteiger partial charge in [0, 0.05) is 38.6 Å². The number of aromatic nitrogens is 3. The number of hydrogen-bond acceptors (Lipinski definition) is 4. The number of furan rings is 1. The van der Waals surface area contributed by atoms with E-state index in [1.165, 1.54) is 27.3 Å². The normalized spacial score (nSPS) is 11.6. The van der Waals surface area contributed by atoms with E-state index in [-0.39, 0.29) is 0 Å². The first-order valence-electron chi connectivity index (χ1n) is 20.6. The van der Waals surface area contributed by atoms with Crippen LogP contribution in [0.4, 0.5) is 0 Å². The Morgan fingerprint density at radius 3 is 1.59 bits per heavy atom. The van der Waals surface area contributed by atoms with Gasteiger partial charge in [0.1, 0.15) is 11.2 Å². The molecule has 0 radical (unpaired) electrons. The molecule has 0 unspecified atom stereocenters. The molecule has 9 aromatic carbocycles. The molecule has 0 bridgehead atoms. The van der Waals surface area contributed by atoms with Crippen LogP contribution in [0.25, 0.3) is 122 Å². The first kappa shape index (κ1) is 34.8. The minimum Gasteiger partial charge on any atom is -0.455 e. The van der Waals surface area contributed by atoms with Crippen LogP contribution in [0.5, 0.6) is 0 Å². The average molecular weight is 778 g/mol. The zero-order chi connectivity index (χ0) is 40.3. The third-order valence-electron chi connectivity index (χ3n) is 11.9. The fourth-order valence-corrected chi connectivity index (χ4v) is 8.91. The van der Waals surface area contributed by atoms with Crippen molar-refractivity contribution in [1.29, 1.82) is 0 Å². The second kappa shape index (κ2) is 14.3. The monoisotopic (exact) mass is 777 g/mol. The summed E-state index contributed by atoms with van der Waals surface area (Å²) in [5.74, 6) is 0.686. The van der Waals surface area contributed by atoms with Gasteiger partial charge in [-0.25, -0.2) is 15.0 Å². The van der Waals surface area contributed by atoms with Gasteiger partial charge in [-0.1, -0.05) is 188 Å². The summed E-state index contributed by atoms with van der Waals surface area (Å²) in [6.07, 6.45) is 0. The molecule has 12 aromatic rings. The molecule has 12 rings (SSSR count). The highest BCUT2D eigenvalue weighted by atomic mass is 16.3. The maximum atomic E-state index is 6.77. The Bertz CT molecular complexity index is 3610. The van der Waals surface area contributed by atoms with E-state index in [4.69, 9.17) is 19.4 Å². The average Bonchev–Trinajstić information content (AvgIpc) is 3.74. The van der Waals surface area contributed by atoms with E-state index in [1.807, 2.05) is 36.4 Å². The van der Waals surface area contributed by atoms with E-state index in [0.29, 0.717) is 5.82 Å². The molecule has 0 spiro atoms. The summed E-state index contributed by atoms with van der Waals surface area (Å²) in [6, 6.07) is 74.3. The molecule has 0 amide bonds.